The third-order valence-electron chi connectivity index (χ3n) is 11.5. The zero-order valence-electron chi connectivity index (χ0n) is 31.2. The molecule has 0 atom stereocenters. The molecule has 9 aromatic rings. The van der Waals surface area contributed by atoms with Crippen molar-refractivity contribution in [3.8, 4) is 85.1 Å². The quantitative estimate of drug-likeness (QED) is 0.176. The van der Waals surface area contributed by atoms with Gasteiger partial charge in [-0.1, -0.05) is 158 Å². The second-order valence-electron chi connectivity index (χ2n) is 14.6. The van der Waals surface area contributed by atoms with E-state index in [0.717, 1.165) is 61.6 Å². The normalized spacial score (nSPS) is 12.7. The first-order valence-electron chi connectivity index (χ1n) is 19.3. The molecule has 11 rings (SSSR count). The number of ether oxygens (including phenoxy) is 1. The van der Waals surface area contributed by atoms with Crippen LogP contribution in [-0.2, 0) is 5.41 Å². The molecule has 1 aliphatic heterocycles. The van der Waals surface area contributed by atoms with Crippen molar-refractivity contribution in [2.75, 3.05) is 0 Å². The Kier molecular flexibility index (Phi) is 7.70. The number of benzene rings is 8. The predicted octanol–water partition coefficient (Wildman–Crippen LogP) is 12.5. The van der Waals surface area contributed by atoms with Crippen molar-refractivity contribution in [3.63, 3.8) is 0 Å². The van der Waals surface area contributed by atoms with Crippen molar-refractivity contribution >= 4 is 0 Å². The molecule has 0 bridgehead atoms. The number of aromatic nitrogens is 3. The molecule has 0 fully saturated rings. The van der Waals surface area contributed by atoms with Gasteiger partial charge in [-0.2, -0.15) is 5.26 Å². The van der Waals surface area contributed by atoms with E-state index >= 15 is 0 Å². The van der Waals surface area contributed by atoms with Gasteiger partial charge in [0.25, 0.3) is 0 Å². The maximum absolute atomic E-state index is 9.72. The first-order chi connectivity index (χ1) is 28.7. The standard InChI is InChI=1S/C53H32N4O/c54-33-34-23-25-35(26-24-34)42-32-47-43(40-17-7-8-18-44(40)53(47)45-19-9-11-21-48(45)58-49-22-12-10-20-46(49)53)31-41(42)36-27-29-39(30-28-36)52-56-50(37-13-3-1-4-14-37)55-51(57-52)38-15-5-2-6-16-38/h1-32H. The maximum Gasteiger partial charge on any atom is 0.164 e. The fourth-order valence-electron chi connectivity index (χ4n) is 8.84. The number of rotatable bonds is 5. The molecule has 0 saturated heterocycles. The van der Waals surface area contributed by atoms with Gasteiger partial charge >= 0.3 is 0 Å². The molecule has 0 saturated carbocycles. The van der Waals surface area contributed by atoms with Crippen LogP contribution >= 0.6 is 0 Å². The summed E-state index contributed by atoms with van der Waals surface area (Å²) in [7, 11) is 0. The van der Waals surface area contributed by atoms with Crippen LogP contribution in [-0.4, -0.2) is 15.0 Å². The van der Waals surface area contributed by atoms with Gasteiger partial charge in [0.15, 0.2) is 17.5 Å². The molecule has 2 heterocycles. The molecular formula is C53H32N4O. The van der Waals surface area contributed by atoms with E-state index in [-0.39, 0.29) is 0 Å². The van der Waals surface area contributed by atoms with Gasteiger partial charge in [-0.05, 0) is 80.9 Å². The van der Waals surface area contributed by atoms with E-state index in [9.17, 15) is 5.26 Å². The lowest BCUT2D eigenvalue weighted by Crippen LogP contribution is -2.32. The minimum absolute atomic E-state index is 0.604. The van der Waals surface area contributed by atoms with Gasteiger partial charge in [0.05, 0.1) is 17.0 Å². The van der Waals surface area contributed by atoms with Gasteiger partial charge in [-0.3, -0.25) is 0 Å². The second kappa shape index (κ2) is 13.4. The number of nitriles is 1. The first-order valence-corrected chi connectivity index (χ1v) is 19.3. The van der Waals surface area contributed by atoms with Crippen LogP contribution in [0.5, 0.6) is 11.5 Å². The highest BCUT2D eigenvalue weighted by molar-refractivity contribution is 5.96. The van der Waals surface area contributed by atoms with Crippen LogP contribution in [0, 0.1) is 11.3 Å². The molecule has 5 heteroatoms. The SMILES string of the molecule is N#Cc1ccc(-c2cc3c(cc2-c2ccc(-c4nc(-c5ccccc5)nc(-c5ccccc5)n4)cc2)-c2ccccc2C32c3ccccc3Oc3ccccc32)cc1. The number of para-hydroxylation sites is 2. The van der Waals surface area contributed by atoms with Crippen molar-refractivity contribution in [2.24, 2.45) is 0 Å². The van der Waals surface area contributed by atoms with Gasteiger partial charge in [-0.15, -0.1) is 0 Å². The smallest absolute Gasteiger partial charge is 0.164 e. The summed E-state index contributed by atoms with van der Waals surface area (Å²) in [5.74, 6) is 3.56. The van der Waals surface area contributed by atoms with E-state index in [2.05, 4.69) is 115 Å². The molecule has 270 valence electrons. The summed E-state index contributed by atoms with van der Waals surface area (Å²) in [6.07, 6.45) is 0. The van der Waals surface area contributed by atoms with Crippen LogP contribution < -0.4 is 4.74 Å². The van der Waals surface area contributed by atoms with Crippen LogP contribution in [0.25, 0.3) is 67.5 Å². The molecule has 5 nitrogen and oxygen atoms in total. The summed E-state index contributed by atoms with van der Waals surface area (Å²) in [4.78, 5) is 14.9. The topological polar surface area (TPSA) is 71.7 Å². The average Bonchev–Trinajstić information content (AvgIpc) is 3.58. The van der Waals surface area contributed by atoms with E-state index < -0.39 is 5.41 Å². The molecule has 0 N–H and O–H groups in total. The van der Waals surface area contributed by atoms with Crippen LogP contribution in [0.3, 0.4) is 0 Å². The Labute approximate surface area is 336 Å². The van der Waals surface area contributed by atoms with Crippen molar-refractivity contribution in [3.05, 3.63) is 222 Å². The van der Waals surface area contributed by atoms with E-state index in [1.807, 2.05) is 84.9 Å². The Bertz CT molecular complexity index is 2980. The summed E-state index contributed by atoms with van der Waals surface area (Å²) in [5.41, 5.74) is 14.0. The molecule has 0 radical (unpaired) electrons. The summed E-state index contributed by atoms with van der Waals surface area (Å²) in [5, 5.41) is 9.72. The Balaban J connectivity index is 1.12. The van der Waals surface area contributed by atoms with Crippen LogP contribution in [0.2, 0.25) is 0 Å². The lowest BCUT2D eigenvalue weighted by atomic mass is 9.65. The Hall–Kier alpha value is -7.94. The minimum Gasteiger partial charge on any atom is -0.457 e. The molecule has 1 spiro atoms. The summed E-state index contributed by atoms with van der Waals surface area (Å²) < 4.78 is 6.60. The first kappa shape index (κ1) is 33.4. The van der Waals surface area contributed by atoms with Crippen LogP contribution in [0.1, 0.15) is 27.8 Å². The van der Waals surface area contributed by atoms with Gasteiger partial charge in [0.2, 0.25) is 0 Å². The third-order valence-corrected chi connectivity index (χ3v) is 11.5. The van der Waals surface area contributed by atoms with Crippen LogP contribution in [0.15, 0.2) is 194 Å². The number of hydrogen-bond acceptors (Lipinski definition) is 5. The molecule has 1 aromatic heterocycles. The zero-order valence-corrected chi connectivity index (χ0v) is 31.2. The molecular weight excluding hydrogens is 709 g/mol. The van der Waals surface area contributed by atoms with Crippen molar-refractivity contribution in [1.29, 1.82) is 5.26 Å². The fraction of sp³-hybridized carbons (Fsp3) is 0.0189. The van der Waals surface area contributed by atoms with Gasteiger partial charge in [0, 0.05) is 27.8 Å². The summed E-state index contributed by atoms with van der Waals surface area (Å²) >= 11 is 0. The maximum atomic E-state index is 9.72. The van der Waals surface area contributed by atoms with Crippen molar-refractivity contribution in [2.45, 2.75) is 5.41 Å². The number of fused-ring (bicyclic) bond motifs is 9. The third kappa shape index (κ3) is 5.20. The highest BCUT2D eigenvalue weighted by Gasteiger charge is 2.51. The molecule has 58 heavy (non-hydrogen) atoms. The highest BCUT2D eigenvalue weighted by Crippen LogP contribution is 2.63. The van der Waals surface area contributed by atoms with E-state index in [4.69, 9.17) is 19.7 Å². The second-order valence-corrected chi connectivity index (χ2v) is 14.6. The lowest BCUT2D eigenvalue weighted by Gasteiger charge is -2.39. The van der Waals surface area contributed by atoms with Gasteiger partial charge in [0.1, 0.15) is 11.5 Å². The van der Waals surface area contributed by atoms with Gasteiger partial charge < -0.3 is 4.74 Å². The van der Waals surface area contributed by atoms with Crippen LogP contribution in [0.4, 0.5) is 0 Å². The van der Waals surface area contributed by atoms with E-state index in [1.54, 1.807) is 0 Å². The Morgan fingerprint density at radius 3 is 1.34 bits per heavy atom. The molecule has 1 aliphatic carbocycles. The van der Waals surface area contributed by atoms with Gasteiger partial charge in [-0.25, -0.2) is 15.0 Å². The van der Waals surface area contributed by atoms with Crippen molar-refractivity contribution < 1.29 is 4.74 Å². The monoisotopic (exact) mass is 740 g/mol. The summed E-state index contributed by atoms with van der Waals surface area (Å²) in [6.45, 7) is 0. The highest BCUT2D eigenvalue weighted by atomic mass is 16.5. The predicted molar refractivity (Wildman–Crippen MR) is 229 cm³/mol. The Morgan fingerprint density at radius 1 is 0.362 bits per heavy atom. The minimum atomic E-state index is -0.604. The molecule has 8 aromatic carbocycles. The largest absolute Gasteiger partial charge is 0.457 e. The lowest BCUT2D eigenvalue weighted by molar-refractivity contribution is 0.436. The van der Waals surface area contributed by atoms with Crippen molar-refractivity contribution in [1.82, 2.24) is 15.0 Å². The number of nitrogens with zero attached hydrogens (tertiary/aromatic N) is 4. The molecule has 2 aliphatic rings. The summed E-state index contributed by atoms with van der Waals surface area (Å²) in [6, 6.07) is 69.2. The molecule has 0 amide bonds. The average molecular weight is 741 g/mol. The zero-order chi connectivity index (χ0) is 38.6. The van der Waals surface area contributed by atoms with E-state index in [1.165, 1.54) is 22.3 Å². The molecule has 0 unspecified atom stereocenters. The fourth-order valence-corrected chi connectivity index (χ4v) is 8.84. The Morgan fingerprint density at radius 2 is 0.793 bits per heavy atom. The number of hydrogen-bond donors (Lipinski definition) is 0. The van der Waals surface area contributed by atoms with E-state index in [0.29, 0.717) is 23.0 Å².